The van der Waals surface area contributed by atoms with Crippen LogP contribution in [0.2, 0.25) is 0 Å². The Morgan fingerprint density at radius 3 is 2.57 bits per heavy atom. The maximum atomic E-state index is 13.5. The molecule has 4 aromatic heterocycles. The molecular weight excluding hydrogens is 400 g/mol. The molecule has 0 radical (unpaired) electrons. The van der Waals surface area contributed by atoms with Gasteiger partial charge in [0.05, 0.1) is 16.6 Å². The fourth-order valence-electron chi connectivity index (χ4n) is 3.69. The highest BCUT2D eigenvalue weighted by Gasteiger charge is 2.25. The number of benzene rings is 1. The molecule has 0 saturated carbocycles. The lowest BCUT2D eigenvalue weighted by molar-refractivity contribution is 0.586. The summed E-state index contributed by atoms with van der Waals surface area (Å²) in [5, 5.41) is 9.24. The molecular formula is C21H18N6O2S. The fraction of sp³-hybridized carbons (Fsp3) is 0.0952. The minimum absolute atomic E-state index is 0.202. The first kappa shape index (κ1) is 18.5. The molecule has 0 aliphatic rings. The standard InChI is InChI=1S/C21H18N6O2S/c22-10-8-15-13-18-17(19-14-25-27-20(19)7-4-11-24-27)9-12-23-21(18)26(15)30(28,29)16-5-2-1-3-6-16/h1-7,9,11-14H,8,10,22H2. The van der Waals surface area contributed by atoms with E-state index in [4.69, 9.17) is 5.73 Å². The molecule has 150 valence electrons. The number of nitrogens with zero attached hydrogens (tertiary/aromatic N) is 5. The van der Waals surface area contributed by atoms with Gasteiger partial charge in [0.25, 0.3) is 10.0 Å². The monoisotopic (exact) mass is 418 g/mol. The Kier molecular flexibility index (Phi) is 4.34. The smallest absolute Gasteiger partial charge is 0.269 e. The molecule has 0 atom stereocenters. The van der Waals surface area contributed by atoms with Crippen LogP contribution in [0.25, 0.3) is 27.7 Å². The van der Waals surface area contributed by atoms with Gasteiger partial charge in [-0.3, -0.25) is 0 Å². The van der Waals surface area contributed by atoms with E-state index < -0.39 is 10.0 Å². The van der Waals surface area contributed by atoms with Crippen LogP contribution < -0.4 is 5.73 Å². The summed E-state index contributed by atoms with van der Waals surface area (Å²) in [5.74, 6) is 0. The molecule has 0 bridgehead atoms. The normalized spacial score (nSPS) is 12.0. The first-order chi connectivity index (χ1) is 14.6. The van der Waals surface area contributed by atoms with Crippen molar-refractivity contribution in [2.75, 3.05) is 6.54 Å². The summed E-state index contributed by atoms with van der Waals surface area (Å²) in [4.78, 5) is 4.63. The molecule has 0 spiro atoms. The molecule has 0 aliphatic heterocycles. The Bertz CT molecular complexity index is 1470. The summed E-state index contributed by atoms with van der Waals surface area (Å²) in [6, 6.07) is 15.8. The Morgan fingerprint density at radius 1 is 0.933 bits per heavy atom. The van der Waals surface area contributed by atoms with Gasteiger partial charge >= 0.3 is 0 Å². The molecule has 0 unspecified atom stereocenters. The van der Waals surface area contributed by atoms with Crippen LogP contribution >= 0.6 is 0 Å². The number of hydrogen-bond donors (Lipinski definition) is 1. The third-order valence-electron chi connectivity index (χ3n) is 5.01. The van der Waals surface area contributed by atoms with Gasteiger partial charge in [-0.1, -0.05) is 18.2 Å². The van der Waals surface area contributed by atoms with Crippen LogP contribution in [0, 0.1) is 0 Å². The van der Waals surface area contributed by atoms with Gasteiger partial charge in [0.2, 0.25) is 0 Å². The fourth-order valence-corrected chi connectivity index (χ4v) is 5.23. The quantitative estimate of drug-likeness (QED) is 0.470. The topological polar surface area (TPSA) is 108 Å². The zero-order valence-electron chi connectivity index (χ0n) is 15.9. The van der Waals surface area contributed by atoms with Crippen molar-refractivity contribution < 1.29 is 8.42 Å². The van der Waals surface area contributed by atoms with Crippen molar-refractivity contribution >= 4 is 26.6 Å². The summed E-state index contributed by atoms with van der Waals surface area (Å²) in [7, 11) is -3.84. The zero-order chi connectivity index (χ0) is 20.7. The van der Waals surface area contributed by atoms with E-state index in [0.717, 1.165) is 22.0 Å². The molecule has 8 nitrogen and oxygen atoms in total. The highest BCUT2D eigenvalue weighted by Crippen LogP contribution is 2.34. The number of nitrogens with two attached hydrogens (primary N) is 1. The Balaban J connectivity index is 1.81. The summed E-state index contributed by atoms with van der Waals surface area (Å²) in [6.07, 6.45) is 5.40. The van der Waals surface area contributed by atoms with Crippen LogP contribution in [-0.4, -0.2) is 38.7 Å². The Hall–Kier alpha value is -3.56. The lowest BCUT2D eigenvalue weighted by Crippen LogP contribution is -2.18. The molecule has 2 N–H and O–H groups in total. The third-order valence-corrected chi connectivity index (χ3v) is 6.77. The summed E-state index contributed by atoms with van der Waals surface area (Å²) >= 11 is 0. The predicted octanol–water partition coefficient (Wildman–Crippen LogP) is 2.48. The van der Waals surface area contributed by atoms with Crippen molar-refractivity contribution in [1.82, 2.24) is 23.8 Å². The van der Waals surface area contributed by atoms with E-state index in [9.17, 15) is 8.42 Å². The van der Waals surface area contributed by atoms with Gasteiger partial charge in [-0.2, -0.15) is 14.8 Å². The van der Waals surface area contributed by atoms with Gasteiger partial charge in [0.1, 0.15) is 0 Å². The Morgan fingerprint density at radius 2 is 1.77 bits per heavy atom. The second-order valence-electron chi connectivity index (χ2n) is 6.81. The summed E-state index contributed by atoms with van der Waals surface area (Å²) in [6.45, 7) is 0.316. The van der Waals surface area contributed by atoms with Gasteiger partial charge in [-0.25, -0.2) is 17.4 Å². The molecule has 1 aromatic carbocycles. The maximum Gasteiger partial charge on any atom is 0.269 e. The second-order valence-corrected chi connectivity index (χ2v) is 8.60. The molecule has 5 rings (SSSR count). The largest absolute Gasteiger partial charge is 0.330 e. The molecule has 5 aromatic rings. The van der Waals surface area contributed by atoms with E-state index in [1.807, 2.05) is 24.3 Å². The Labute approximate surface area is 172 Å². The number of aromatic nitrogens is 5. The summed E-state index contributed by atoms with van der Waals surface area (Å²) in [5.41, 5.74) is 9.25. The molecule has 0 aliphatic carbocycles. The van der Waals surface area contributed by atoms with E-state index in [1.165, 1.54) is 3.97 Å². The van der Waals surface area contributed by atoms with E-state index in [-0.39, 0.29) is 4.90 Å². The highest BCUT2D eigenvalue weighted by atomic mass is 32.2. The van der Waals surface area contributed by atoms with Crippen LogP contribution in [0.1, 0.15) is 5.69 Å². The van der Waals surface area contributed by atoms with Gasteiger partial charge in [0, 0.05) is 35.5 Å². The van der Waals surface area contributed by atoms with Crippen LogP contribution in [0.3, 0.4) is 0 Å². The van der Waals surface area contributed by atoms with Crippen molar-refractivity contribution in [3.63, 3.8) is 0 Å². The van der Waals surface area contributed by atoms with Gasteiger partial charge < -0.3 is 5.73 Å². The van der Waals surface area contributed by atoms with Crippen LogP contribution in [0.15, 0.2) is 78.1 Å². The van der Waals surface area contributed by atoms with Gasteiger partial charge in [-0.15, -0.1) is 0 Å². The molecule has 30 heavy (non-hydrogen) atoms. The first-order valence-electron chi connectivity index (χ1n) is 9.40. The SMILES string of the molecule is NCCc1cc2c(-c3cnn4ncccc34)ccnc2n1S(=O)(=O)c1ccccc1. The van der Waals surface area contributed by atoms with Crippen LogP contribution in [0.4, 0.5) is 0 Å². The van der Waals surface area contributed by atoms with E-state index in [1.54, 1.807) is 53.6 Å². The average Bonchev–Trinajstić information content (AvgIpc) is 3.36. The lowest BCUT2D eigenvalue weighted by atomic mass is 10.1. The first-order valence-corrected chi connectivity index (χ1v) is 10.8. The van der Waals surface area contributed by atoms with Crippen LogP contribution in [0.5, 0.6) is 0 Å². The second kappa shape index (κ2) is 7.05. The highest BCUT2D eigenvalue weighted by molar-refractivity contribution is 7.90. The van der Waals surface area contributed by atoms with Crippen molar-refractivity contribution in [3.05, 3.63) is 78.9 Å². The average molecular weight is 418 g/mol. The van der Waals surface area contributed by atoms with E-state index >= 15 is 0 Å². The third kappa shape index (κ3) is 2.78. The minimum atomic E-state index is -3.84. The van der Waals surface area contributed by atoms with Gasteiger partial charge in [-0.05, 0) is 48.5 Å². The van der Waals surface area contributed by atoms with Crippen molar-refractivity contribution in [1.29, 1.82) is 0 Å². The number of hydrogen-bond acceptors (Lipinski definition) is 6. The predicted molar refractivity (Wildman–Crippen MR) is 113 cm³/mol. The number of pyridine rings is 1. The van der Waals surface area contributed by atoms with Crippen molar-refractivity contribution in [3.8, 4) is 11.1 Å². The number of rotatable bonds is 5. The molecule has 0 amide bonds. The van der Waals surface area contributed by atoms with E-state index in [0.29, 0.717) is 24.3 Å². The minimum Gasteiger partial charge on any atom is -0.330 e. The molecule has 4 heterocycles. The van der Waals surface area contributed by atoms with Crippen molar-refractivity contribution in [2.24, 2.45) is 5.73 Å². The van der Waals surface area contributed by atoms with Crippen molar-refractivity contribution in [2.45, 2.75) is 11.3 Å². The molecule has 0 saturated heterocycles. The molecule has 9 heteroatoms. The molecule has 0 fully saturated rings. The summed E-state index contributed by atoms with van der Waals surface area (Å²) < 4.78 is 29.8. The van der Waals surface area contributed by atoms with Crippen LogP contribution in [-0.2, 0) is 16.4 Å². The maximum absolute atomic E-state index is 13.5. The van der Waals surface area contributed by atoms with Gasteiger partial charge in [0.15, 0.2) is 5.65 Å². The number of fused-ring (bicyclic) bond motifs is 2. The lowest BCUT2D eigenvalue weighted by Gasteiger charge is -2.11. The zero-order valence-corrected chi connectivity index (χ0v) is 16.7. The van der Waals surface area contributed by atoms with E-state index in [2.05, 4.69) is 15.2 Å².